The number of amides is 1. The Bertz CT molecular complexity index is 547. The van der Waals surface area contributed by atoms with Crippen molar-refractivity contribution in [3.63, 3.8) is 0 Å². The highest BCUT2D eigenvalue weighted by atomic mass is 35.5. The normalized spacial score (nSPS) is 19.3. The average molecular weight is 391 g/mol. The van der Waals surface area contributed by atoms with Crippen molar-refractivity contribution in [2.45, 2.75) is 44.2 Å². The zero-order chi connectivity index (χ0) is 16.1. The van der Waals surface area contributed by atoms with Gasteiger partial charge in [-0.05, 0) is 18.9 Å². The number of ether oxygens (including phenoxy) is 1. The largest absolute Gasteiger partial charge is 0.378 e. The molecule has 0 spiro atoms. The molecule has 0 unspecified atom stereocenters. The molecule has 1 saturated heterocycles. The molecular weight excluding hydrogens is 363 g/mol. The summed E-state index contributed by atoms with van der Waals surface area (Å²) in [7, 11) is 0. The minimum absolute atomic E-state index is 0. The molecule has 1 aromatic rings. The summed E-state index contributed by atoms with van der Waals surface area (Å²) in [5.74, 6) is 0.903. The zero-order valence-electron chi connectivity index (χ0n) is 14.4. The molecule has 3 rings (SSSR count). The van der Waals surface area contributed by atoms with Gasteiger partial charge in [-0.3, -0.25) is 4.79 Å². The number of hydrogen-bond acceptors (Lipinski definition) is 5. The minimum Gasteiger partial charge on any atom is -0.378 e. The van der Waals surface area contributed by atoms with Gasteiger partial charge < -0.3 is 20.7 Å². The number of anilines is 1. The molecular formula is C17H28Cl2N4O2. The summed E-state index contributed by atoms with van der Waals surface area (Å²) < 4.78 is 5.40. The molecule has 0 bridgehead atoms. The molecule has 0 aromatic carbocycles. The molecule has 2 aliphatic rings. The molecule has 0 atom stereocenters. The third kappa shape index (κ3) is 5.45. The highest BCUT2D eigenvalue weighted by Gasteiger charge is 2.35. The second kappa shape index (κ2) is 10.2. The first-order valence-corrected chi connectivity index (χ1v) is 8.53. The van der Waals surface area contributed by atoms with E-state index in [2.05, 4.69) is 15.2 Å². The first kappa shape index (κ1) is 22.0. The Balaban J connectivity index is 0.00000156. The van der Waals surface area contributed by atoms with Gasteiger partial charge in [0.2, 0.25) is 5.91 Å². The second-order valence-electron chi connectivity index (χ2n) is 6.49. The van der Waals surface area contributed by atoms with Crippen LogP contribution < -0.4 is 16.0 Å². The van der Waals surface area contributed by atoms with E-state index in [0.717, 1.165) is 50.2 Å². The van der Waals surface area contributed by atoms with Gasteiger partial charge in [-0.25, -0.2) is 4.98 Å². The van der Waals surface area contributed by atoms with Crippen molar-refractivity contribution < 1.29 is 9.53 Å². The van der Waals surface area contributed by atoms with E-state index in [1.807, 2.05) is 12.1 Å². The monoisotopic (exact) mass is 390 g/mol. The van der Waals surface area contributed by atoms with Crippen molar-refractivity contribution in [1.29, 1.82) is 0 Å². The molecule has 1 aromatic heterocycles. The predicted octanol–water partition coefficient (Wildman–Crippen LogP) is 2.04. The highest BCUT2D eigenvalue weighted by molar-refractivity contribution is 5.86. The lowest BCUT2D eigenvalue weighted by molar-refractivity contribution is -0.127. The first-order chi connectivity index (χ1) is 11.2. The molecule has 8 heteroatoms. The van der Waals surface area contributed by atoms with Crippen LogP contribution in [0.2, 0.25) is 0 Å². The van der Waals surface area contributed by atoms with Gasteiger partial charge >= 0.3 is 0 Å². The highest BCUT2D eigenvalue weighted by Crippen LogP contribution is 2.26. The van der Waals surface area contributed by atoms with Crippen LogP contribution in [0.15, 0.2) is 18.3 Å². The van der Waals surface area contributed by atoms with E-state index in [-0.39, 0.29) is 30.7 Å². The zero-order valence-corrected chi connectivity index (χ0v) is 16.0. The summed E-state index contributed by atoms with van der Waals surface area (Å²) in [6, 6.07) is 3.92. The number of pyridine rings is 1. The van der Waals surface area contributed by atoms with E-state index in [9.17, 15) is 4.79 Å². The van der Waals surface area contributed by atoms with Gasteiger partial charge in [-0.1, -0.05) is 25.3 Å². The van der Waals surface area contributed by atoms with Crippen LogP contribution in [-0.4, -0.2) is 42.7 Å². The third-order valence-electron chi connectivity index (χ3n) is 4.82. The topological polar surface area (TPSA) is 80.5 Å². The number of morpholine rings is 1. The van der Waals surface area contributed by atoms with Gasteiger partial charge in [-0.2, -0.15) is 0 Å². The SMILES string of the molecule is Cl.Cl.NC1(C(=O)NCc2cccnc2N2CCOCC2)CCCCC1. The number of nitrogens with two attached hydrogens (primary N) is 1. The molecule has 6 nitrogen and oxygen atoms in total. The maximum Gasteiger partial charge on any atom is 0.240 e. The number of hydrogen-bond donors (Lipinski definition) is 2. The number of rotatable bonds is 4. The lowest BCUT2D eigenvalue weighted by Crippen LogP contribution is -2.54. The van der Waals surface area contributed by atoms with Crippen molar-refractivity contribution in [3.8, 4) is 0 Å². The van der Waals surface area contributed by atoms with E-state index >= 15 is 0 Å². The van der Waals surface area contributed by atoms with E-state index in [4.69, 9.17) is 10.5 Å². The molecule has 142 valence electrons. The van der Waals surface area contributed by atoms with E-state index < -0.39 is 5.54 Å². The lowest BCUT2D eigenvalue weighted by atomic mass is 9.82. The molecule has 1 aliphatic heterocycles. The van der Waals surface area contributed by atoms with E-state index in [1.54, 1.807) is 6.20 Å². The van der Waals surface area contributed by atoms with Crippen molar-refractivity contribution in [1.82, 2.24) is 10.3 Å². The van der Waals surface area contributed by atoms with Crippen molar-refractivity contribution in [3.05, 3.63) is 23.9 Å². The molecule has 0 radical (unpaired) electrons. The maximum absolute atomic E-state index is 12.5. The molecule has 2 heterocycles. The first-order valence-electron chi connectivity index (χ1n) is 8.53. The predicted molar refractivity (Wildman–Crippen MR) is 104 cm³/mol. The van der Waals surface area contributed by atoms with Crippen LogP contribution in [-0.2, 0) is 16.1 Å². The van der Waals surface area contributed by atoms with Crippen LogP contribution in [0.3, 0.4) is 0 Å². The Morgan fingerprint density at radius 2 is 1.92 bits per heavy atom. The summed E-state index contributed by atoms with van der Waals surface area (Å²) in [5.41, 5.74) is 6.63. The quantitative estimate of drug-likeness (QED) is 0.821. The summed E-state index contributed by atoms with van der Waals surface area (Å²) >= 11 is 0. The molecule has 1 aliphatic carbocycles. The van der Waals surface area contributed by atoms with Crippen LogP contribution in [0, 0.1) is 0 Å². The number of nitrogens with zero attached hydrogens (tertiary/aromatic N) is 2. The smallest absolute Gasteiger partial charge is 0.240 e. The fraction of sp³-hybridized carbons (Fsp3) is 0.647. The number of halogens is 2. The maximum atomic E-state index is 12.5. The van der Waals surface area contributed by atoms with Crippen molar-refractivity contribution >= 4 is 36.5 Å². The second-order valence-corrected chi connectivity index (χ2v) is 6.49. The fourth-order valence-corrected chi connectivity index (χ4v) is 3.39. The number of aromatic nitrogens is 1. The molecule has 3 N–H and O–H groups in total. The Morgan fingerprint density at radius 1 is 1.24 bits per heavy atom. The van der Waals surface area contributed by atoms with Crippen molar-refractivity contribution in [2.24, 2.45) is 5.73 Å². The van der Waals surface area contributed by atoms with Gasteiger partial charge in [0.15, 0.2) is 0 Å². The standard InChI is InChI=1S/C17H26N4O2.2ClH/c18-17(6-2-1-3-7-17)16(22)20-13-14-5-4-8-19-15(14)21-9-11-23-12-10-21;;/h4-5,8H,1-3,6-7,9-13,18H2,(H,20,22);2*1H. The number of carbonyl (C=O) groups is 1. The lowest BCUT2D eigenvalue weighted by Gasteiger charge is -2.32. The van der Waals surface area contributed by atoms with Gasteiger partial charge in [0.25, 0.3) is 0 Å². The Hall–Kier alpha value is -1.08. The molecule has 2 fully saturated rings. The van der Waals surface area contributed by atoms with Gasteiger partial charge in [-0.15, -0.1) is 24.8 Å². The number of nitrogens with one attached hydrogen (secondary N) is 1. The summed E-state index contributed by atoms with van der Waals surface area (Å²) in [4.78, 5) is 19.2. The summed E-state index contributed by atoms with van der Waals surface area (Å²) in [6.45, 7) is 3.57. The van der Waals surface area contributed by atoms with Gasteiger partial charge in [0.1, 0.15) is 5.82 Å². The number of carbonyl (C=O) groups excluding carboxylic acids is 1. The average Bonchev–Trinajstić information content (AvgIpc) is 2.61. The van der Waals surface area contributed by atoms with Crippen LogP contribution in [0.5, 0.6) is 0 Å². The van der Waals surface area contributed by atoms with Crippen LogP contribution in [0.1, 0.15) is 37.7 Å². The van der Waals surface area contributed by atoms with Gasteiger partial charge in [0, 0.05) is 31.4 Å². The summed E-state index contributed by atoms with van der Waals surface area (Å²) in [6.07, 6.45) is 6.60. The van der Waals surface area contributed by atoms with Gasteiger partial charge in [0.05, 0.1) is 18.8 Å². The van der Waals surface area contributed by atoms with Crippen LogP contribution in [0.25, 0.3) is 0 Å². The molecule has 25 heavy (non-hydrogen) atoms. The summed E-state index contributed by atoms with van der Waals surface area (Å²) in [5, 5.41) is 3.03. The van der Waals surface area contributed by atoms with Crippen LogP contribution in [0.4, 0.5) is 5.82 Å². The Labute approximate surface area is 161 Å². The Morgan fingerprint density at radius 3 is 2.60 bits per heavy atom. The van der Waals surface area contributed by atoms with E-state index in [1.165, 1.54) is 6.42 Å². The molecule has 1 saturated carbocycles. The van der Waals surface area contributed by atoms with E-state index in [0.29, 0.717) is 19.8 Å². The Kier molecular flexibility index (Phi) is 8.93. The van der Waals surface area contributed by atoms with Crippen LogP contribution >= 0.6 is 24.8 Å². The minimum atomic E-state index is -0.695. The third-order valence-corrected chi connectivity index (χ3v) is 4.82. The van der Waals surface area contributed by atoms with Crippen molar-refractivity contribution in [2.75, 3.05) is 31.2 Å². The molecule has 1 amide bonds. The fourth-order valence-electron chi connectivity index (χ4n) is 3.39.